The average molecular weight is 573 g/mol. The van der Waals surface area contributed by atoms with Crippen molar-refractivity contribution in [2.24, 2.45) is 5.16 Å². The second-order valence-corrected chi connectivity index (χ2v) is 10.1. The molecule has 0 radical (unpaired) electrons. The molecule has 3 rings (SSSR count). The first-order valence-corrected chi connectivity index (χ1v) is 11.8. The fourth-order valence-corrected chi connectivity index (χ4v) is 5.05. The second-order valence-electron chi connectivity index (χ2n) is 8.18. The number of nitrogens with one attached hydrogen (secondary N) is 1. The minimum atomic E-state index is -4.86. The number of benzene rings is 1. The van der Waals surface area contributed by atoms with Crippen molar-refractivity contribution >= 4 is 51.9 Å². The Balaban J connectivity index is 0.00000456. The molecule has 1 atom stereocenters. The summed E-state index contributed by atoms with van der Waals surface area (Å²) in [6.45, 7) is 1.40. The number of halogens is 7. The molecular formula is C23H23Cl2F5N2O3S. The molecule has 5 nitrogen and oxygen atoms in total. The molecule has 198 valence electrons. The fraction of sp³-hybridized carbons (Fsp3) is 0.435. The summed E-state index contributed by atoms with van der Waals surface area (Å²) in [6.07, 6.45) is -6.09. The number of hydrogen-bond acceptors (Lipinski definition) is 5. The maximum atomic E-state index is 14.2. The third-order valence-electron chi connectivity index (χ3n) is 5.15. The molecule has 1 aromatic carbocycles. The Labute approximate surface area is 218 Å². The van der Waals surface area contributed by atoms with E-state index in [1.54, 1.807) is 6.92 Å². The molecule has 36 heavy (non-hydrogen) atoms. The van der Waals surface area contributed by atoms with Crippen LogP contribution >= 0.6 is 34.5 Å². The molecule has 0 bridgehead atoms. The lowest BCUT2D eigenvalue weighted by atomic mass is 9.88. The maximum Gasteiger partial charge on any atom is 0.435 e. The minimum Gasteiger partial charge on any atom is -0.374 e. The van der Waals surface area contributed by atoms with Gasteiger partial charge in [-0.2, -0.15) is 13.2 Å². The van der Waals surface area contributed by atoms with Crippen molar-refractivity contribution < 1.29 is 36.4 Å². The standard InChI is InChI=1S/C22H19Cl2F5N2O3S.CH4/c1-11-5-17(35-19(11)16(32)3-4-18(33)30-10-20(2,25)26)15-9-21(34-31-15,22(27,28)29)12-6-13(23)8-14(24)7-12;/h5-8H,3-4,9-10H2,1-2H3,(H,30,33);1H4. The minimum absolute atomic E-state index is 0. The van der Waals surface area contributed by atoms with Gasteiger partial charge in [0.2, 0.25) is 5.91 Å². The number of alkyl halides is 5. The number of aryl methyl sites for hydroxylation is 1. The highest BCUT2D eigenvalue weighted by molar-refractivity contribution is 7.16. The number of hydrogen-bond donors (Lipinski definition) is 1. The van der Waals surface area contributed by atoms with E-state index in [1.165, 1.54) is 12.1 Å². The van der Waals surface area contributed by atoms with Gasteiger partial charge in [0.15, 0.2) is 5.78 Å². The van der Waals surface area contributed by atoms with Crippen LogP contribution < -0.4 is 5.32 Å². The molecule has 1 N–H and O–H groups in total. The third kappa shape index (κ3) is 6.74. The number of carbonyl (C=O) groups excluding carboxylic acids is 2. The van der Waals surface area contributed by atoms with Crippen molar-refractivity contribution in [2.45, 2.75) is 58.2 Å². The Morgan fingerprint density at radius 2 is 1.72 bits per heavy atom. The molecule has 0 spiro atoms. The van der Waals surface area contributed by atoms with Gasteiger partial charge >= 0.3 is 6.18 Å². The summed E-state index contributed by atoms with van der Waals surface area (Å²) in [4.78, 5) is 29.8. The molecule has 1 unspecified atom stereocenters. The van der Waals surface area contributed by atoms with E-state index in [4.69, 9.17) is 28.0 Å². The lowest BCUT2D eigenvalue weighted by Gasteiger charge is -2.29. The second kappa shape index (κ2) is 11.0. The Bertz CT molecular complexity index is 1160. The normalized spacial score (nSPS) is 17.8. The van der Waals surface area contributed by atoms with Crippen LogP contribution in [0.25, 0.3) is 0 Å². The van der Waals surface area contributed by atoms with Gasteiger partial charge in [-0.05, 0) is 36.8 Å². The zero-order valence-corrected chi connectivity index (χ0v) is 20.7. The summed E-state index contributed by atoms with van der Waals surface area (Å²) in [5, 5.41) is 5.71. The molecule has 2 aromatic rings. The molecule has 0 saturated heterocycles. The Hall–Kier alpha value is -2.24. The van der Waals surface area contributed by atoms with E-state index >= 15 is 0 Å². The summed E-state index contributed by atoms with van der Waals surface area (Å²) < 4.78 is 68.2. The molecular weight excluding hydrogens is 550 g/mol. The van der Waals surface area contributed by atoms with Gasteiger partial charge in [0.05, 0.1) is 22.7 Å². The van der Waals surface area contributed by atoms with Gasteiger partial charge in [0, 0.05) is 35.4 Å². The van der Waals surface area contributed by atoms with Crippen molar-refractivity contribution in [1.82, 2.24) is 5.32 Å². The number of thiophene rings is 1. The third-order valence-corrected chi connectivity index (χ3v) is 6.91. The first kappa shape index (κ1) is 30.0. The first-order chi connectivity index (χ1) is 16.1. The lowest BCUT2D eigenvalue weighted by Crippen LogP contribution is -2.42. The van der Waals surface area contributed by atoms with Gasteiger partial charge in [-0.1, -0.05) is 35.8 Å². The number of carbonyl (C=O) groups is 2. The Morgan fingerprint density at radius 3 is 2.28 bits per heavy atom. The van der Waals surface area contributed by atoms with Gasteiger partial charge in [0.25, 0.3) is 11.5 Å². The average Bonchev–Trinajstić information content (AvgIpc) is 3.34. The van der Waals surface area contributed by atoms with Crippen LogP contribution in [0.15, 0.2) is 29.4 Å². The molecule has 0 fully saturated rings. The van der Waals surface area contributed by atoms with Crippen LogP contribution in [0, 0.1) is 6.92 Å². The van der Waals surface area contributed by atoms with Gasteiger partial charge in [-0.3, -0.25) is 9.59 Å². The fourth-order valence-electron chi connectivity index (χ4n) is 3.41. The van der Waals surface area contributed by atoms with Crippen LogP contribution in [-0.4, -0.2) is 36.0 Å². The molecule has 1 amide bonds. The monoisotopic (exact) mass is 572 g/mol. The quantitative estimate of drug-likeness (QED) is 0.266. The van der Waals surface area contributed by atoms with Crippen LogP contribution in [-0.2, 0) is 15.2 Å². The predicted octanol–water partition coefficient (Wildman–Crippen LogP) is 7.32. The van der Waals surface area contributed by atoms with Crippen LogP contribution in [0.4, 0.5) is 22.0 Å². The summed E-state index contributed by atoms with van der Waals surface area (Å²) >= 11 is 12.7. The van der Waals surface area contributed by atoms with Gasteiger partial charge in [-0.15, -0.1) is 11.3 Å². The summed E-state index contributed by atoms with van der Waals surface area (Å²) in [6, 6.07) is 5.01. The van der Waals surface area contributed by atoms with Crippen molar-refractivity contribution in [3.63, 3.8) is 0 Å². The molecule has 13 heteroatoms. The first-order valence-electron chi connectivity index (χ1n) is 10.2. The van der Waals surface area contributed by atoms with Crippen LogP contribution in [0.3, 0.4) is 0 Å². The number of nitrogens with zero attached hydrogens (tertiary/aromatic N) is 1. The lowest BCUT2D eigenvalue weighted by molar-refractivity contribution is -0.275. The molecule has 1 aliphatic heterocycles. The van der Waals surface area contributed by atoms with Gasteiger partial charge in [0.1, 0.15) is 5.71 Å². The highest BCUT2D eigenvalue weighted by Crippen LogP contribution is 2.50. The van der Waals surface area contributed by atoms with Crippen molar-refractivity contribution in [3.05, 3.63) is 55.2 Å². The summed E-state index contributed by atoms with van der Waals surface area (Å²) in [7, 11) is 0. The van der Waals surface area contributed by atoms with E-state index in [9.17, 15) is 31.5 Å². The number of amides is 1. The summed E-state index contributed by atoms with van der Waals surface area (Å²) in [5.41, 5.74) is -2.66. The SMILES string of the molecule is C.Cc1cc(C2=NOC(c3cc(Cl)cc(Cl)c3)(C(F)(F)F)C2)sc1C(=O)CCC(=O)NCC(C)(F)F. The van der Waals surface area contributed by atoms with E-state index in [-0.39, 0.29) is 46.5 Å². The molecule has 1 aromatic heterocycles. The number of oxime groups is 1. The van der Waals surface area contributed by atoms with Crippen molar-refractivity contribution in [2.75, 3.05) is 6.54 Å². The Kier molecular flexibility index (Phi) is 9.18. The number of ketones is 1. The topological polar surface area (TPSA) is 67.8 Å². The molecule has 2 heterocycles. The van der Waals surface area contributed by atoms with Crippen LogP contribution in [0.5, 0.6) is 0 Å². The number of rotatable bonds is 8. The zero-order chi connectivity index (χ0) is 26.2. The van der Waals surface area contributed by atoms with Gasteiger partial charge in [-0.25, -0.2) is 8.78 Å². The predicted molar refractivity (Wildman–Crippen MR) is 129 cm³/mol. The highest BCUT2D eigenvalue weighted by Gasteiger charge is 2.62. The Morgan fingerprint density at radius 1 is 1.11 bits per heavy atom. The van der Waals surface area contributed by atoms with Crippen LogP contribution in [0.2, 0.25) is 10.0 Å². The van der Waals surface area contributed by atoms with Crippen molar-refractivity contribution in [1.29, 1.82) is 0 Å². The van der Waals surface area contributed by atoms with Crippen molar-refractivity contribution in [3.8, 4) is 0 Å². The van der Waals surface area contributed by atoms with E-state index < -0.39 is 42.4 Å². The van der Waals surface area contributed by atoms with E-state index in [1.807, 2.05) is 5.32 Å². The molecule has 0 saturated carbocycles. The smallest absolute Gasteiger partial charge is 0.374 e. The largest absolute Gasteiger partial charge is 0.435 e. The summed E-state index contributed by atoms with van der Waals surface area (Å²) in [5.74, 6) is -4.23. The zero-order valence-electron chi connectivity index (χ0n) is 18.4. The van der Waals surface area contributed by atoms with Crippen LogP contribution in [0.1, 0.15) is 59.3 Å². The molecule has 0 aliphatic carbocycles. The molecule has 1 aliphatic rings. The van der Waals surface area contributed by atoms with E-state index in [0.717, 1.165) is 23.5 Å². The van der Waals surface area contributed by atoms with E-state index in [0.29, 0.717) is 17.4 Å². The van der Waals surface area contributed by atoms with E-state index in [2.05, 4.69) is 5.16 Å². The number of Topliss-reactive ketones (excluding diaryl/α,β-unsaturated/α-hetero) is 1. The highest BCUT2D eigenvalue weighted by atomic mass is 35.5. The maximum absolute atomic E-state index is 14.2. The van der Waals surface area contributed by atoms with Gasteiger partial charge < -0.3 is 10.2 Å².